The SMILES string of the molecule is CC1(C)CCCC1NCCC1CCCCC1. The van der Waals surface area contributed by atoms with E-state index in [0.29, 0.717) is 5.41 Å². The molecule has 0 aromatic rings. The monoisotopic (exact) mass is 223 g/mol. The summed E-state index contributed by atoms with van der Waals surface area (Å²) in [6, 6.07) is 0.788. The molecule has 2 saturated carbocycles. The zero-order valence-electron chi connectivity index (χ0n) is 11.2. The molecule has 0 aliphatic heterocycles. The van der Waals surface area contributed by atoms with Crippen LogP contribution in [0.2, 0.25) is 0 Å². The van der Waals surface area contributed by atoms with E-state index in [-0.39, 0.29) is 0 Å². The first kappa shape index (κ1) is 12.4. The summed E-state index contributed by atoms with van der Waals surface area (Å²) >= 11 is 0. The molecule has 0 saturated heterocycles. The molecule has 16 heavy (non-hydrogen) atoms. The molecule has 2 rings (SSSR count). The molecular weight excluding hydrogens is 194 g/mol. The molecule has 0 bridgehead atoms. The third kappa shape index (κ3) is 3.23. The summed E-state index contributed by atoms with van der Waals surface area (Å²) in [5, 5.41) is 3.82. The van der Waals surface area contributed by atoms with Gasteiger partial charge in [0.1, 0.15) is 0 Å². The van der Waals surface area contributed by atoms with Gasteiger partial charge in [-0.1, -0.05) is 52.4 Å². The fourth-order valence-corrected chi connectivity index (χ4v) is 3.64. The van der Waals surface area contributed by atoms with E-state index in [1.807, 2.05) is 0 Å². The molecule has 2 aliphatic carbocycles. The van der Waals surface area contributed by atoms with Crippen LogP contribution in [0.4, 0.5) is 0 Å². The molecule has 0 spiro atoms. The van der Waals surface area contributed by atoms with Gasteiger partial charge in [-0.15, -0.1) is 0 Å². The number of rotatable bonds is 4. The third-order valence-electron chi connectivity index (χ3n) is 4.93. The number of nitrogens with one attached hydrogen (secondary N) is 1. The van der Waals surface area contributed by atoms with Crippen LogP contribution in [0.15, 0.2) is 0 Å². The quantitative estimate of drug-likeness (QED) is 0.756. The van der Waals surface area contributed by atoms with Crippen molar-refractivity contribution in [1.82, 2.24) is 5.32 Å². The van der Waals surface area contributed by atoms with Gasteiger partial charge >= 0.3 is 0 Å². The van der Waals surface area contributed by atoms with Gasteiger partial charge in [-0.3, -0.25) is 0 Å². The average molecular weight is 223 g/mol. The molecule has 0 aromatic heterocycles. The second-order valence-corrected chi connectivity index (χ2v) is 6.68. The predicted octanol–water partition coefficient (Wildman–Crippen LogP) is 4.13. The Morgan fingerprint density at radius 1 is 1.00 bits per heavy atom. The Kier molecular flexibility index (Phi) is 4.29. The molecule has 1 heteroatoms. The van der Waals surface area contributed by atoms with Gasteiger partial charge in [-0.25, -0.2) is 0 Å². The first-order valence-corrected chi connectivity index (χ1v) is 7.42. The van der Waals surface area contributed by atoms with Gasteiger partial charge in [0, 0.05) is 6.04 Å². The van der Waals surface area contributed by atoms with E-state index in [1.165, 1.54) is 64.3 Å². The van der Waals surface area contributed by atoms with Crippen molar-refractivity contribution in [3.8, 4) is 0 Å². The highest BCUT2D eigenvalue weighted by molar-refractivity contribution is 4.90. The van der Waals surface area contributed by atoms with Gasteiger partial charge in [-0.05, 0) is 37.1 Å². The Morgan fingerprint density at radius 3 is 2.38 bits per heavy atom. The van der Waals surface area contributed by atoms with E-state index in [9.17, 15) is 0 Å². The van der Waals surface area contributed by atoms with Crippen LogP contribution in [0.1, 0.15) is 71.6 Å². The lowest BCUT2D eigenvalue weighted by molar-refractivity contribution is 0.267. The van der Waals surface area contributed by atoms with Crippen molar-refractivity contribution in [2.24, 2.45) is 11.3 Å². The maximum absolute atomic E-state index is 3.82. The van der Waals surface area contributed by atoms with E-state index in [1.54, 1.807) is 0 Å². The molecule has 0 heterocycles. The highest BCUT2D eigenvalue weighted by Crippen LogP contribution is 2.37. The smallest absolute Gasteiger partial charge is 0.0118 e. The standard InChI is InChI=1S/C15H29N/c1-15(2)11-6-9-14(15)16-12-10-13-7-4-3-5-8-13/h13-14,16H,3-12H2,1-2H3. The predicted molar refractivity (Wildman–Crippen MR) is 70.6 cm³/mol. The second kappa shape index (κ2) is 5.53. The summed E-state index contributed by atoms with van der Waals surface area (Å²) in [6.45, 7) is 6.12. The fraction of sp³-hybridized carbons (Fsp3) is 1.00. The minimum absolute atomic E-state index is 0.548. The van der Waals surface area contributed by atoms with Crippen molar-refractivity contribution < 1.29 is 0 Å². The van der Waals surface area contributed by atoms with Crippen LogP contribution in [-0.2, 0) is 0 Å². The normalized spacial score (nSPS) is 30.8. The number of hydrogen-bond acceptors (Lipinski definition) is 1. The van der Waals surface area contributed by atoms with Gasteiger partial charge in [0.2, 0.25) is 0 Å². The van der Waals surface area contributed by atoms with Crippen molar-refractivity contribution in [1.29, 1.82) is 0 Å². The minimum Gasteiger partial charge on any atom is -0.313 e. The van der Waals surface area contributed by atoms with Crippen LogP contribution < -0.4 is 5.32 Å². The molecular formula is C15H29N. The Bertz CT molecular complexity index is 203. The van der Waals surface area contributed by atoms with Crippen LogP contribution in [0.3, 0.4) is 0 Å². The summed E-state index contributed by atoms with van der Waals surface area (Å²) in [4.78, 5) is 0. The Balaban J connectivity index is 1.63. The van der Waals surface area contributed by atoms with Gasteiger partial charge in [0.25, 0.3) is 0 Å². The second-order valence-electron chi connectivity index (χ2n) is 6.68. The average Bonchev–Trinajstić information content (AvgIpc) is 2.60. The van der Waals surface area contributed by atoms with Gasteiger partial charge in [0.15, 0.2) is 0 Å². The van der Waals surface area contributed by atoms with Crippen molar-refractivity contribution >= 4 is 0 Å². The maximum Gasteiger partial charge on any atom is 0.0118 e. The Morgan fingerprint density at radius 2 is 1.75 bits per heavy atom. The molecule has 1 unspecified atom stereocenters. The fourth-order valence-electron chi connectivity index (χ4n) is 3.64. The molecule has 1 atom stereocenters. The Hall–Kier alpha value is -0.0400. The largest absolute Gasteiger partial charge is 0.313 e. The molecule has 2 fully saturated rings. The van der Waals surface area contributed by atoms with E-state index < -0.39 is 0 Å². The number of hydrogen-bond donors (Lipinski definition) is 1. The van der Waals surface area contributed by atoms with E-state index >= 15 is 0 Å². The van der Waals surface area contributed by atoms with E-state index in [0.717, 1.165) is 12.0 Å². The van der Waals surface area contributed by atoms with Crippen LogP contribution in [-0.4, -0.2) is 12.6 Å². The molecule has 0 aromatic carbocycles. The zero-order valence-corrected chi connectivity index (χ0v) is 11.2. The molecule has 2 aliphatic rings. The van der Waals surface area contributed by atoms with Gasteiger partial charge in [0.05, 0.1) is 0 Å². The van der Waals surface area contributed by atoms with E-state index in [2.05, 4.69) is 19.2 Å². The van der Waals surface area contributed by atoms with Crippen molar-refractivity contribution in [3.63, 3.8) is 0 Å². The summed E-state index contributed by atoms with van der Waals surface area (Å²) in [6.07, 6.45) is 13.1. The lowest BCUT2D eigenvalue weighted by atomic mass is 9.85. The highest BCUT2D eigenvalue weighted by atomic mass is 14.9. The lowest BCUT2D eigenvalue weighted by Gasteiger charge is -2.29. The molecule has 1 nitrogen and oxygen atoms in total. The van der Waals surface area contributed by atoms with Crippen LogP contribution in [0.5, 0.6) is 0 Å². The highest BCUT2D eigenvalue weighted by Gasteiger charge is 2.33. The summed E-state index contributed by atoms with van der Waals surface area (Å²) in [5.74, 6) is 1.03. The summed E-state index contributed by atoms with van der Waals surface area (Å²) < 4.78 is 0. The first-order valence-electron chi connectivity index (χ1n) is 7.42. The Labute approximate surface area is 101 Å². The first-order chi connectivity index (χ1) is 7.68. The van der Waals surface area contributed by atoms with Crippen molar-refractivity contribution in [3.05, 3.63) is 0 Å². The molecule has 0 radical (unpaired) electrons. The van der Waals surface area contributed by atoms with Crippen LogP contribution >= 0.6 is 0 Å². The van der Waals surface area contributed by atoms with Crippen LogP contribution in [0, 0.1) is 11.3 Å². The zero-order chi connectivity index (χ0) is 11.4. The summed E-state index contributed by atoms with van der Waals surface area (Å²) in [7, 11) is 0. The van der Waals surface area contributed by atoms with Crippen molar-refractivity contribution in [2.45, 2.75) is 77.7 Å². The van der Waals surface area contributed by atoms with Gasteiger partial charge < -0.3 is 5.32 Å². The molecule has 94 valence electrons. The maximum atomic E-state index is 3.82. The van der Waals surface area contributed by atoms with E-state index in [4.69, 9.17) is 0 Å². The molecule has 0 amide bonds. The van der Waals surface area contributed by atoms with Crippen LogP contribution in [0.25, 0.3) is 0 Å². The minimum atomic E-state index is 0.548. The topological polar surface area (TPSA) is 12.0 Å². The van der Waals surface area contributed by atoms with Crippen molar-refractivity contribution in [2.75, 3.05) is 6.54 Å². The molecule has 1 N–H and O–H groups in total. The van der Waals surface area contributed by atoms with Gasteiger partial charge in [-0.2, -0.15) is 0 Å². The third-order valence-corrected chi connectivity index (χ3v) is 4.93. The summed E-state index contributed by atoms with van der Waals surface area (Å²) in [5.41, 5.74) is 0.548. The lowest BCUT2D eigenvalue weighted by Crippen LogP contribution is -2.38.